The van der Waals surface area contributed by atoms with E-state index in [2.05, 4.69) is 4.99 Å². The fourth-order valence-electron chi connectivity index (χ4n) is 3.50. The highest BCUT2D eigenvalue weighted by Gasteiger charge is 2.44. The van der Waals surface area contributed by atoms with Crippen LogP contribution in [-0.4, -0.2) is 130 Å². The van der Waals surface area contributed by atoms with Gasteiger partial charge in [-0.25, -0.2) is 4.79 Å². The molecule has 0 radical (unpaired) electrons. The number of phenolic OH excluding ortho intramolecular Hbond substituents is 1. The van der Waals surface area contributed by atoms with Crippen molar-refractivity contribution in [3.8, 4) is 11.5 Å². The molecular formula is C23H33NO12S. The van der Waals surface area contributed by atoms with Crippen LogP contribution < -0.4 is 4.74 Å². The molecule has 13 nitrogen and oxygen atoms in total. The van der Waals surface area contributed by atoms with Crippen molar-refractivity contribution in [3.63, 3.8) is 0 Å². The Hall–Kier alpha value is -2.01. The second-order valence-corrected chi connectivity index (χ2v) is 9.57. The summed E-state index contributed by atoms with van der Waals surface area (Å²) in [5.41, 5.74) is -0.758. The number of phenols is 1. The van der Waals surface area contributed by atoms with E-state index in [0.29, 0.717) is 22.1 Å². The van der Waals surface area contributed by atoms with Crippen molar-refractivity contribution in [1.29, 1.82) is 0 Å². The first-order chi connectivity index (χ1) is 17.7. The first kappa shape index (κ1) is 29.5. The Balaban J connectivity index is 1.26. The summed E-state index contributed by atoms with van der Waals surface area (Å²) in [6.45, 7) is 2.26. The number of aliphatic hydroxyl groups is 4. The van der Waals surface area contributed by atoms with Crippen molar-refractivity contribution in [2.24, 2.45) is 4.99 Å². The van der Waals surface area contributed by atoms with Gasteiger partial charge in [-0.05, 0) is 19.1 Å². The van der Waals surface area contributed by atoms with Crippen LogP contribution >= 0.6 is 11.8 Å². The highest BCUT2D eigenvalue weighted by molar-refractivity contribution is 8.14. The zero-order valence-corrected chi connectivity index (χ0v) is 21.1. The van der Waals surface area contributed by atoms with Crippen molar-refractivity contribution in [3.05, 3.63) is 23.8 Å². The second kappa shape index (κ2) is 13.7. The van der Waals surface area contributed by atoms with Crippen molar-refractivity contribution >= 4 is 22.8 Å². The lowest BCUT2D eigenvalue weighted by Gasteiger charge is -2.39. The van der Waals surface area contributed by atoms with E-state index in [4.69, 9.17) is 28.8 Å². The molecule has 0 spiro atoms. The summed E-state index contributed by atoms with van der Waals surface area (Å²) in [6, 6.07) is 4.73. The minimum absolute atomic E-state index is 0.0474. The lowest BCUT2D eigenvalue weighted by atomic mass is 9.99. The minimum Gasteiger partial charge on any atom is -0.507 e. The average Bonchev–Trinajstić information content (AvgIpc) is 3.28. The topological polar surface area (TPSA) is 197 Å². The summed E-state index contributed by atoms with van der Waals surface area (Å²) in [5.74, 6) is -0.349. The molecule has 0 amide bonds. The number of hydrogen-bond acceptors (Lipinski definition) is 13. The van der Waals surface area contributed by atoms with Crippen LogP contribution in [0.2, 0.25) is 0 Å². The van der Waals surface area contributed by atoms with Crippen LogP contribution in [0.1, 0.15) is 12.5 Å². The van der Waals surface area contributed by atoms with Gasteiger partial charge in [0.2, 0.25) is 0 Å². The van der Waals surface area contributed by atoms with E-state index in [-0.39, 0.29) is 45.4 Å². The van der Waals surface area contributed by atoms with Gasteiger partial charge in [0.15, 0.2) is 11.8 Å². The predicted molar refractivity (Wildman–Crippen MR) is 130 cm³/mol. The van der Waals surface area contributed by atoms with Gasteiger partial charge in [-0.1, -0.05) is 0 Å². The molecule has 1 aromatic rings. The Morgan fingerprint density at radius 3 is 2.38 bits per heavy atom. The van der Waals surface area contributed by atoms with Gasteiger partial charge < -0.3 is 54.3 Å². The molecule has 2 aliphatic rings. The lowest BCUT2D eigenvalue weighted by molar-refractivity contribution is -0.302. The normalized spacial score (nSPS) is 29.8. The molecule has 0 aliphatic carbocycles. The van der Waals surface area contributed by atoms with E-state index in [9.17, 15) is 30.3 Å². The molecule has 3 rings (SSSR count). The SMILES string of the molecule is C[C@]1(C(=O)O)CSC(c2ccc(OCCOCCOCCO[C@H]3OC(CO)[C@@H](O)C(O)C3O)cc2O)=N1. The number of thioether (sulfide) groups is 1. The van der Waals surface area contributed by atoms with Crippen molar-refractivity contribution in [2.45, 2.75) is 43.2 Å². The number of aliphatic carboxylic acids is 1. The number of hydrogen-bond donors (Lipinski definition) is 6. The minimum atomic E-state index is -1.50. The van der Waals surface area contributed by atoms with Crippen LogP contribution in [0.25, 0.3) is 0 Å². The van der Waals surface area contributed by atoms with Gasteiger partial charge in [-0.3, -0.25) is 4.99 Å². The third-order valence-corrected chi connectivity index (χ3v) is 7.02. The summed E-state index contributed by atoms with van der Waals surface area (Å²) in [7, 11) is 0. The number of aromatic hydroxyl groups is 1. The Labute approximate surface area is 217 Å². The first-order valence-corrected chi connectivity index (χ1v) is 12.6. The molecule has 2 aliphatic heterocycles. The number of nitrogens with zero attached hydrogens (tertiary/aromatic N) is 1. The number of carboxylic acids is 1. The number of aliphatic imine (C=N–C) groups is 1. The molecule has 2 heterocycles. The van der Waals surface area contributed by atoms with Crippen LogP contribution in [0.3, 0.4) is 0 Å². The number of aliphatic hydroxyl groups excluding tert-OH is 4. The Morgan fingerprint density at radius 2 is 1.76 bits per heavy atom. The van der Waals surface area contributed by atoms with Gasteiger partial charge in [0.1, 0.15) is 47.6 Å². The van der Waals surface area contributed by atoms with E-state index in [1.54, 1.807) is 12.1 Å². The van der Waals surface area contributed by atoms with Crippen LogP contribution in [-0.2, 0) is 23.7 Å². The molecule has 3 unspecified atom stereocenters. The molecule has 6 N–H and O–H groups in total. The first-order valence-electron chi connectivity index (χ1n) is 11.7. The van der Waals surface area contributed by atoms with Crippen LogP contribution in [0.5, 0.6) is 11.5 Å². The summed E-state index contributed by atoms with van der Waals surface area (Å²) in [4.78, 5) is 15.6. The third kappa shape index (κ3) is 7.75. The molecule has 0 bridgehead atoms. The molecule has 37 heavy (non-hydrogen) atoms. The molecule has 6 atom stereocenters. The Morgan fingerprint density at radius 1 is 1.08 bits per heavy atom. The number of carbonyl (C=O) groups is 1. The average molecular weight is 548 g/mol. The van der Waals surface area contributed by atoms with Crippen LogP contribution in [0, 0.1) is 0 Å². The number of rotatable bonds is 14. The maximum absolute atomic E-state index is 11.3. The number of carboxylic acid groups (broad SMARTS) is 1. The van der Waals surface area contributed by atoms with E-state index >= 15 is 0 Å². The van der Waals surface area contributed by atoms with Crippen molar-refractivity contribution in [2.75, 3.05) is 52.0 Å². The highest BCUT2D eigenvalue weighted by Crippen LogP contribution is 2.35. The van der Waals surface area contributed by atoms with Crippen molar-refractivity contribution in [1.82, 2.24) is 0 Å². The molecular weight excluding hydrogens is 514 g/mol. The predicted octanol–water partition coefficient (Wildman–Crippen LogP) is -1.04. The fraction of sp³-hybridized carbons (Fsp3) is 0.652. The summed E-state index contributed by atoms with van der Waals surface area (Å²) >= 11 is 1.28. The highest BCUT2D eigenvalue weighted by atomic mass is 32.2. The van der Waals surface area contributed by atoms with E-state index in [1.807, 2.05) is 0 Å². The molecule has 0 saturated carbocycles. The summed E-state index contributed by atoms with van der Waals surface area (Å²) in [6.07, 6.45) is -6.62. The Kier molecular flexibility index (Phi) is 10.9. The van der Waals surface area contributed by atoms with Gasteiger partial charge in [-0.2, -0.15) is 0 Å². The van der Waals surface area contributed by atoms with Gasteiger partial charge in [-0.15, -0.1) is 11.8 Å². The van der Waals surface area contributed by atoms with E-state index < -0.39 is 48.8 Å². The number of benzene rings is 1. The molecule has 1 fully saturated rings. The fourth-order valence-corrected chi connectivity index (χ4v) is 4.70. The zero-order chi connectivity index (χ0) is 27.0. The van der Waals surface area contributed by atoms with E-state index in [1.165, 1.54) is 24.8 Å². The molecule has 14 heteroatoms. The van der Waals surface area contributed by atoms with Crippen LogP contribution in [0.4, 0.5) is 0 Å². The molecule has 208 valence electrons. The van der Waals surface area contributed by atoms with Crippen molar-refractivity contribution < 1.29 is 59.1 Å². The van der Waals surface area contributed by atoms with E-state index in [0.717, 1.165) is 0 Å². The maximum Gasteiger partial charge on any atom is 0.332 e. The van der Waals surface area contributed by atoms with Gasteiger partial charge in [0.25, 0.3) is 0 Å². The molecule has 0 aromatic heterocycles. The summed E-state index contributed by atoms with van der Waals surface area (Å²) < 4.78 is 26.9. The zero-order valence-electron chi connectivity index (χ0n) is 20.3. The largest absolute Gasteiger partial charge is 0.507 e. The third-order valence-electron chi connectivity index (χ3n) is 5.73. The summed E-state index contributed by atoms with van der Waals surface area (Å²) in [5, 5.41) is 58.6. The maximum atomic E-state index is 11.3. The number of ether oxygens (including phenoxy) is 5. The smallest absolute Gasteiger partial charge is 0.332 e. The lowest BCUT2D eigenvalue weighted by Crippen LogP contribution is -2.59. The second-order valence-electron chi connectivity index (χ2n) is 8.60. The van der Waals surface area contributed by atoms with Crippen LogP contribution in [0.15, 0.2) is 23.2 Å². The quantitative estimate of drug-likeness (QED) is 0.155. The van der Waals surface area contributed by atoms with Gasteiger partial charge >= 0.3 is 5.97 Å². The molecule has 1 saturated heterocycles. The monoisotopic (exact) mass is 547 g/mol. The standard InChI is InChI=1S/C23H33NO12S/c1-23(22(30)31)12-37-20(24-23)14-3-2-13(10-15(14)26)34-8-6-32-4-5-33-7-9-35-21-19(29)18(28)17(27)16(11-25)36-21/h2-3,10,16-19,21,25-29H,4-9,11-12H2,1H3,(H,30,31)/t16?,17-,18?,19?,21+,23-/m1/s1. The van der Waals surface area contributed by atoms with Gasteiger partial charge in [0.05, 0.1) is 39.6 Å². The molecule has 1 aromatic carbocycles. The van der Waals surface area contributed by atoms with Gasteiger partial charge in [0, 0.05) is 17.4 Å². The Bertz CT molecular complexity index is 931.